The topological polar surface area (TPSA) is 65.1 Å². The van der Waals surface area contributed by atoms with Gasteiger partial charge in [-0.3, -0.25) is 4.90 Å². The third-order valence-electron chi connectivity index (χ3n) is 3.02. The Bertz CT molecular complexity index is 538. The Morgan fingerprint density at radius 2 is 1.65 bits per heavy atom. The van der Waals surface area contributed by atoms with Crippen LogP contribution in [0.15, 0.2) is 30.3 Å². The molecule has 0 aromatic heterocycles. The number of benzene rings is 1. The van der Waals surface area contributed by atoms with Crippen molar-refractivity contribution in [1.29, 1.82) is 0 Å². The minimum absolute atomic E-state index is 0.175. The average Bonchev–Trinajstić information content (AvgIpc) is 2.45. The summed E-state index contributed by atoms with van der Waals surface area (Å²) in [6.07, 6.45) is -0.677. The molecule has 6 nitrogen and oxygen atoms in total. The van der Waals surface area contributed by atoms with Gasteiger partial charge in [0.15, 0.2) is 0 Å². The lowest BCUT2D eigenvalue weighted by atomic mass is 10.2. The maximum Gasteiger partial charge on any atom is 0.413 e. The summed E-state index contributed by atoms with van der Waals surface area (Å²) in [4.78, 5) is 25.8. The highest BCUT2D eigenvalue weighted by Gasteiger charge is 2.46. The number of carbonyl (C=O) groups is 2. The molecule has 23 heavy (non-hydrogen) atoms. The first-order chi connectivity index (χ1) is 10.6. The number of para-hydroxylation sites is 1. The maximum atomic E-state index is 12.4. The van der Waals surface area contributed by atoms with Crippen LogP contribution < -0.4 is 4.74 Å². The fourth-order valence-corrected chi connectivity index (χ4v) is 1.73. The number of carbonyl (C=O) groups excluding carboxylic acids is 2. The van der Waals surface area contributed by atoms with Crippen LogP contribution in [0.5, 0.6) is 5.75 Å². The summed E-state index contributed by atoms with van der Waals surface area (Å²) in [6, 6.07) is 8.76. The normalized spacial score (nSPS) is 13.7. The molecule has 0 saturated carbocycles. The Morgan fingerprint density at radius 1 is 1.09 bits per heavy atom. The van der Waals surface area contributed by atoms with Gasteiger partial charge >= 0.3 is 12.1 Å². The molecule has 1 atom stereocenters. The molecule has 0 aliphatic heterocycles. The number of hydrogen-bond acceptors (Lipinski definition) is 5. The highest BCUT2D eigenvalue weighted by atomic mass is 16.6. The molecule has 0 heterocycles. The highest BCUT2D eigenvalue weighted by Crippen LogP contribution is 2.24. The van der Waals surface area contributed by atoms with Crippen LogP contribution in [0, 0.1) is 0 Å². The predicted molar refractivity (Wildman–Crippen MR) is 86.1 cm³/mol. The first-order valence-electron chi connectivity index (χ1n) is 7.48. The van der Waals surface area contributed by atoms with E-state index in [1.165, 1.54) is 14.0 Å². The second kappa shape index (κ2) is 7.35. The fraction of sp³-hybridized carbons (Fsp3) is 0.529. The zero-order valence-electron chi connectivity index (χ0n) is 14.6. The molecule has 1 unspecified atom stereocenters. The van der Waals surface area contributed by atoms with Gasteiger partial charge < -0.3 is 14.2 Å². The summed E-state index contributed by atoms with van der Waals surface area (Å²) in [5.41, 5.74) is -2.33. The van der Waals surface area contributed by atoms with E-state index >= 15 is 0 Å². The summed E-state index contributed by atoms with van der Waals surface area (Å²) < 4.78 is 16.1. The summed E-state index contributed by atoms with van der Waals surface area (Å²) in [5, 5.41) is 0. The Labute approximate surface area is 137 Å². The van der Waals surface area contributed by atoms with E-state index in [1.54, 1.807) is 52.0 Å². The van der Waals surface area contributed by atoms with Gasteiger partial charge in [0, 0.05) is 14.0 Å². The van der Waals surface area contributed by atoms with E-state index in [-0.39, 0.29) is 6.61 Å². The average molecular weight is 323 g/mol. The van der Waals surface area contributed by atoms with Crippen LogP contribution in [0.4, 0.5) is 4.79 Å². The fourth-order valence-electron chi connectivity index (χ4n) is 1.73. The van der Waals surface area contributed by atoms with Crippen LogP contribution >= 0.6 is 0 Å². The quantitative estimate of drug-likeness (QED) is 0.615. The van der Waals surface area contributed by atoms with Gasteiger partial charge in [-0.15, -0.1) is 0 Å². The number of hydrogen-bond donors (Lipinski definition) is 0. The van der Waals surface area contributed by atoms with Crippen LogP contribution in [-0.2, 0) is 14.3 Å². The number of amides is 1. The Balaban J connectivity index is 3.08. The zero-order chi connectivity index (χ0) is 17.7. The van der Waals surface area contributed by atoms with Crippen LogP contribution in [0.3, 0.4) is 0 Å². The van der Waals surface area contributed by atoms with E-state index in [4.69, 9.17) is 14.2 Å². The number of likely N-dealkylation sites (N-methyl/N-ethyl adjacent to an activating group) is 1. The molecule has 0 radical (unpaired) electrons. The van der Waals surface area contributed by atoms with Crippen molar-refractivity contribution >= 4 is 12.1 Å². The molecular weight excluding hydrogens is 298 g/mol. The van der Waals surface area contributed by atoms with Crippen molar-refractivity contribution in [2.45, 2.75) is 45.9 Å². The van der Waals surface area contributed by atoms with Crippen molar-refractivity contribution in [3.63, 3.8) is 0 Å². The van der Waals surface area contributed by atoms with E-state index in [1.807, 2.05) is 6.07 Å². The molecule has 0 fully saturated rings. The molecule has 128 valence electrons. The van der Waals surface area contributed by atoms with E-state index < -0.39 is 23.4 Å². The van der Waals surface area contributed by atoms with Crippen molar-refractivity contribution in [3.05, 3.63) is 30.3 Å². The van der Waals surface area contributed by atoms with E-state index in [9.17, 15) is 9.59 Å². The predicted octanol–water partition coefficient (Wildman–Crippen LogP) is 3.21. The number of ether oxygens (including phenoxy) is 3. The van der Waals surface area contributed by atoms with Crippen molar-refractivity contribution < 1.29 is 23.8 Å². The Morgan fingerprint density at radius 3 is 2.13 bits per heavy atom. The van der Waals surface area contributed by atoms with E-state index in [2.05, 4.69) is 0 Å². The number of nitrogens with zero attached hydrogens (tertiary/aromatic N) is 1. The van der Waals surface area contributed by atoms with Gasteiger partial charge in [-0.1, -0.05) is 18.2 Å². The summed E-state index contributed by atoms with van der Waals surface area (Å²) >= 11 is 0. The largest absolute Gasteiger partial charge is 0.462 e. The third kappa shape index (κ3) is 5.16. The van der Waals surface area contributed by atoms with Gasteiger partial charge in [-0.2, -0.15) is 0 Å². The van der Waals surface area contributed by atoms with E-state index in [0.717, 1.165) is 4.90 Å². The van der Waals surface area contributed by atoms with Crippen LogP contribution in [0.25, 0.3) is 0 Å². The van der Waals surface area contributed by atoms with Crippen molar-refractivity contribution in [3.8, 4) is 5.75 Å². The lowest BCUT2D eigenvalue weighted by molar-refractivity contribution is -0.175. The lowest BCUT2D eigenvalue weighted by Gasteiger charge is -2.37. The van der Waals surface area contributed by atoms with Crippen molar-refractivity contribution in [1.82, 2.24) is 4.90 Å². The molecule has 1 aromatic carbocycles. The van der Waals surface area contributed by atoms with Gasteiger partial charge in [-0.05, 0) is 39.8 Å². The maximum absolute atomic E-state index is 12.4. The van der Waals surface area contributed by atoms with Gasteiger partial charge in [-0.25, -0.2) is 9.59 Å². The minimum Gasteiger partial charge on any atom is -0.462 e. The molecular formula is C17H25NO5. The molecule has 0 spiro atoms. The van der Waals surface area contributed by atoms with Crippen molar-refractivity contribution in [2.75, 3.05) is 13.7 Å². The smallest absolute Gasteiger partial charge is 0.413 e. The minimum atomic E-state index is -1.64. The monoisotopic (exact) mass is 323 g/mol. The molecule has 0 aliphatic rings. The van der Waals surface area contributed by atoms with Gasteiger partial charge in [0.25, 0.3) is 5.72 Å². The SMILES string of the molecule is CCOC(=O)C(C)(Oc1ccccc1)N(C)C(=O)OC(C)(C)C. The summed E-state index contributed by atoms with van der Waals surface area (Å²) in [6.45, 7) is 8.58. The molecule has 1 amide bonds. The standard InChI is InChI=1S/C17H25NO5/c1-7-21-14(19)17(5,22-13-11-9-8-10-12-13)18(6)15(20)23-16(2,3)4/h8-12H,7H2,1-6H3. The second-order valence-electron chi connectivity index (χ2n) is 6.16. The van der Waals surface area contributed by atoms with Gasteiger partial charge in [0.05, 0.1) is 6.61 Å². The molecule has 0 aliphatic carbocycles. The third-order valence-corrected chi connectivity index (χ3v) is 3.02. The number of esters is 1. The molecule has 1 aromatic rings. The van der Waals surface area contributed by atoms with Crippen LogP contribution in [0.1, 0.15) is 34.6 Å². The first kappa shape index (κ1) is 18.8. The van der Waals surface area contributed by atoms with Crippen molar-refractivity contribution in [2.24, 2.45) is 0 Å². The highest BCUT2D eigenvalue weighted by molar-refractivity contribution is 5.84. The van der Waals surface area contributed by atoms with Gasteiger partial charge in [0.1, 0.15) is 11.4 Å². The first-order valence-corrected chi connectivity index (χ1v) is 7.48. The Hall–Kier alpha value is -2.24. The second-order valence-corrected chi connectivity index (χ2v) is 6.16. The molecule has 1 rings (SSSR count). The Kier molecular flexibility index (Phi) is 6.01. The molecule has 0 N–H and O–H groups in total. The summed E-state index contributed by atoms with van der Waals surface area (Å²) in [7, 11) is 1.44. The van der Waals surface area contributed by atoms with Crippen LogP contribution in [-0.4, -0.2) is 41.9 Å². The number of rotatable bonds is 5. The zero-order valence-corrected chi connectivity index (χ0v) is 14.6. The van der Waals surface area contributed by atoms with E-state index in [0.29, 0.717) is 5.75 Å². The lowest BCUT2D eigenvalue weighted by Crippen LogP contribution is -2.58. The molecule has 6 heteroatoms. The van der Waals surface area contributed by atoms with Gasteiger partial charge in [0.2, 0.25) is 0 Å². The molecule has 0 bridgehead atoms. The summed E-state index contributed by atoms with van der Waals surface area (Å²) in [5.74, 6) is -0.226. The molecule has 0 saturated heterocycles. The van der Waals surface area contributed by atoms with Crippen LogP contribution in [0.2, 0.25) is 0 Å².